The second kappa shape index (κ2) is 14.7. The van der Waals surface area contributed by atoms with Crippen molar-refractivity contribution in [2.24, 2.45) is 10.9 Å². The standard InChI is InChI=1S/C22H38N4O3.HI/c1-17(2)14-19(26-10-12-29-13-11-26)16-25-22(23-3)24-9-8-18-6-7-20(27-4)21(15-18)28-5;/h6-7,15,17,19H,8-14,16H2,1-5H3,(H2,23,24,25);1H. The summed E-state index contributed by atoms with van der Waals surface area (Å²) in [7, 11) is 5.13. The summed E-state index contributed by atoms with van der Waals surface area (Å²) in [5, 5.41) is 6.93. The Morgan fingerprint density at radius 2 is 1.83 bits per heavy atom. The molecule has 0 aliphatic carbocycles. The van der Waals surface area contributed by atoms with Gasteiger partial charge in [0.1, 0.15) is 0 Å². The van der Waals surface area contributed by atoms with E-state index >= 15 is 0 Å². The number of halogens is 1. The number of morpholine rings is 1. The van der Waals surface area contributed by atoms with E-state index in [2.05, 4.69) is 40.4 Å². The van der Waals surface area contributed by atoms with Crippen LogP contribution in [0.1, 0.15) is 25.8 Å². The first-order valence-corrected chi connectivity index (χ1v) is 10.5. The molecule has 2 rings (SSSR count). The highest BCUT2D eigenvalue weighted by molar-refractivity contribution is 14.0. The molecule has 1 aromatic carbocycles. The number of aliphatic imine (C=N–C) groups is 1. The summed E-state index contributed by atoms with van der Waals surface area (Å²) in [5.41, 5.74) is 1.19. The average Bonchev–Trinajstić information content (AvgIpc) is 2.75. The smallest absolute Gasteiger partial charge is 0.191 e. The summed E-state index contributed by atoms with van der Waals surface area (Å²) in [4.78, 5) is 6.92. The molecular formula is C22H39IN4O3. The van der Waals surface area contributed by atoms with E-state index < -0.39 is 0 Å². The van der Waals surface area contributed by atoms with Gasteiger partial charge in [-0.1, -0.05) is 19.9 Å². The molecule has 0 bridgehead atoms. The largest absolute Gasteiger partial charge is 0.493 e. The van der Waals surface area contributed by atoms with Gasteiger partial charge < -0.3 is 24.8 Å². The first kappa shape index (κ1) is 26.8. The molecule has 1 unspecified atom stereocenters. The summed E-state index contributed by atoms with van der Waals surface area (Å²) < 4.78 is 16.2. The summed E-state index contributed by atoms with van der Waals surface area (Å²) in [6, 6.07) is 6.52. The number of hydrogen-bond donors (Lipinski definition) is 2. The molecule has 1 saturated heterocycles. The molecule has 0 amide bonds. The molecule has 30 heavy (non-hydrogen) atoms. The Morgan fingerprint density at radius 1 is 1.13 bits per heavy atom. The molecule has 1 fully saturated rings. The molecular weight excluding hydrogens is 495 g/mol. The highest BCUT2D eigenvalue weighted by Gasteiger charge is 2.22. The number of ether oxygens (including phenoxy) is 3. The predicted octanol–water partition coefficient (Wildman–Crippen LogP) is 2.78. The zero-order valence-electron chi connectivity index (χ0n) is 19.1. The fourth-order valence-corrected chi connectivity index (χ4v) is 3.64. The van der Waals surface area contributed by atoms with Crippen molar-refractivity contribution in [3.63, 3.8) is 0 Å². The number of benzene rings is 1. The second-order valence-electron chi connectivity index (χ2n) is 7.75. The third-order valence-corrected chi connectivity index (χ3v) is 5.19. The van der Waals surface area contributed by atoms with E-state index in [0.717, 1.165) is 69.7 Å². The number of methoxy groups -OCH3 is 2. The van der Waals surface area contributed by atoms with Gasteiger partial charge in [0.25, 0.3) is 0 Å². The Morgan fingerprint density at radius 3 is 2.43 bits per heavy atom. The lowest BCUT2D eigenvalue weighted by Crippen LogP contribution is -2.51. The molecule has 0 radical (unpaired) electrons. The van der Waals surface area contributed by atoms with Gasteiger partial charge in [-0.05, 0) is 36.5 Å². The normalized spacial score (nSPS) is 16.0. The molecule has 0 aromatic heterocycles. The third-order valence-electron chi connectivity index (χ3n) is 5.19. The molecule has 1 aromatic rings. The summed E-state index contributed by atoms with van der Waals surface area (Å²) >= 11 is 0. The van der Waals surface area contributed by atoms with E-state index in [0.29, 0.717) is 12.0 Å². The van der Waals surface area contributed by atoms with E-state index in [-0.39, 0.29) is 24.0 Å². The molecule has 8 heteroatoms. The Labute approximate surface area is 199 Å². The van der Waals surface area contributed by atoms with Gasteiger partial charge in [0.2, 0.25) is 0 Å². The summed E-state index contributed by atoms with van der Waals surface area (Å²) in [5.74, 6) is 3.01. The highest BCUT2D eigenvalue weighted by atomic mass is 127. The molecule has 1 heterocycles. The van der Waals surface area contributed by atoms with Crippen LogP contribution in [0.3, 0.4) is 0 Å². The topological polar surface area (TPSA) is 67.4 Å². The SMILES string of the molecule is CN=C(NCCc1ccc(OC)c(OC)c1)NCC(CC(C)C)N1CCOCC1.I. The number of hydrogen-bond acceptors (Lipinski definition) is 5. The molecule has 1 atom stereocenters. The molecule has 0 saturated carbocycles. The fraction of sp³-hybridized carbons (Fsp3) is 0.682. The first-order chi connectivity index (χ1) is 14.1. The Bertz CT molecular complexity index is 637. The number of guanidine groups is 1. The highest BCUT2D eigenvalue weighted by Crippen LogP contribution is 2.27. The third kappa shape index (κ3) is 8.85. The van der Waals surface area contributed by atoms with Crippen LogP contribution in [0.4, 0.5) is 0 Å². The van der Waals surface area contributed by atoms with Gasteiger partial charge in [-0.25, -0.2) is 0 Å². The second-order valence-corrected chi connectivity index (χ2v) is 7.75. The maximum absolute atomic E-state index is 5.51. The van der Waals surface area contributed by atoms with Crippen molar-refractivity contribution in [1.82, 2.24) is 15.5 Å². The van der Waals surface area contributed by atoms with Gasteiger partial charge in [-0.2, -0.15) is 0 Å². The Kier molecular flexibility index (Phi) is 13.1. The monoisotopic (exact) mass is 534 g/mol. The van der Waals surface area contributed by atoms with E-state index in [1.165, 1.54) is 5.56 Å². The molecule has 0 spiro atoms. The molecule has 2 N–H and O–H groups in total. The summed E-state index contributed by atoms with van der Waals surface area (Å²) in [6.07, 6.45) is 2.04. The maximum atomic E-state index is 5.51. The zero-order valence-corrected chi connectivity index (χ0v) is 21.4. The minimum atomic E-state index is 0. The summed E-state index contributed by atoms with van der Waals surface area (Å²) in [6.45, 7) is 9.90. The van der Waals surface area contributed by atoms with E-state index in [9.17, 15) is 0 Å². The van der Waals surface area contributed by atoms with Gasteiger partial charge >= 0.3 is 0 Å². The van der Waals surface area contributed by atoms with Crippen LogP contribution in [0.25, 0.3) is 0 Å². The minimum absolute atomic E-state index is 0. The first-order valence-electron chi connectivity index (χ1n) is 10.5. The van der Waals surface area contributed by atoms with E-state index in [1.54, 1.807) is 14.2 Å². The minimum Gasteiger partial charge on any atom is -0.493 e. The van der Waals surface area contributed by atoms with Crippen molar-refractivity contribution < 1.29 is 14.2 Å². The van der Waals surface area contributed by atoms with Crippen LogP contribution >= 0.6 is 24.0 Å². The van der Waals surface area contributed by atoms with Crippen LogP contribution in [0.2, 0.25) is 0 Å². The lowest BCUT2D eigenvalue weighted by Gasteiger charge is -2.35. The van der Waals surface area contributed by atoms with Crippen LogP contribution in [0.5, 0.6) is 11.5 Å². The Hall–Kier alpha value is -1.26. The van der Waals surface area contributed by atoms with Crippen molar-refractivity contribution >= 4 is 29.9 Å². The molecule has 1 aliphatic heterocycles. The van der Waals surface area contributed by atoms with Crippen LogP contribution < -0.4 is 20.1 Å². The zero-order chi connectivity index (χ0) is 21.1. The molecule has 172 valence electrons. The van der Waals surface area contributed by atoms with Crippen molar-refractivity contribution in [2.75, 3.05) is 60.7 Å². The predicted molar refractivity (Wildman–Crippen MR) is 134 cm³/mol. The Balaban J connectivity index is 0.00000450. The van der Waals surface area contributed by atoms with E-state index in [1.807, 2.05) is 19.2 Å². The number of nitrogens with one attached hydrogen (secondary N) is 2. The fourth-order valence-electron chi connectivity index (χ4n) is 3.64. The quantitative estimate of drug-likeness (QED) is 0.274. The van der Waals surface area contributed by atoms with Crippen LogP contribution in [0, 0.1) is 5.92 Å². The van der Waals surface area contributed by atoms with Crippen LogP contribution in [0.15, 0.2) is 23.2 Å². The maximum Gasteiger partial charge on any atom is 0.191 e. The van der Waals surface area contributed by atoms with Crippen LogP contribution in [-0.2, 0) is 11.2 Å². The lowest BCUT2D eigenvalue weighted by atomic mass is 10.0. The van der Waals surface area contributed by atoms with Crippen molar-refractivity contribution in [1.29, 1.82) is 0 Å². The molecule has 1 aliphatic rings. The van der Waals surface area contributed by atoms with Crippen LogP contribution in [-0.4, -0.2) is 77.6 Å². The molecule has 7 nitrogen and oxygen atoms in total. The van der Waals surface area contributed by atoms with Gasteiger partial charge in [-0.15, -0.1) is 24.0 Å². The van der Waals surface area contributed by atoms with Gasteiger partial charge in [0.05, 0.1) is 27.4 Å². The van der Waals surface area contributed by atoms with E-state index in [4.69, 9.17) is 14.2 Å². The van der Waals surface area contributed by atoms with Crippen molar-refractivity contribution in [3.05, 3.63) is 23.8 Å². The average molecular weight is 534 g/mol. The van der Waals surface area contributed by atoms with Gasteiger partial charge in [-0.3, -0.25) is 9.89 Å². The van der Waals surface area contributed by atoms with Crippen molar-refractivity contribution in [2.45, 2.75) is 32.7 Å². The van der Waals surface area contributed by atoms with Crippen molar-refractivity contribution in [3.8, 4) is 11.5 Å². The van der Waals surface area contributed by atoms with Gasteiger partial charge in [0, 0.05) is 39.3 Å². The number of rotatable bonds is 10. The lowest BCUT2D eigenvalue weighted by molar-refractivity contribution is 0.0132. The van der Waals surface area contributed by atoms with Gasteiger partial charge in [0.15, 0.2) is 17.5 Å². The number of nitrogens with zero attached hydrogens (tertiary/aromatic N) is 2.